The molecule has 3 unspecified atom stereocenters. The number of benzene rings is 3. The maximum atomic E-state index is 12.9. The van der Waals surface area contributed by atoms with E-state index >= 15 is 0 Å². The van der Waals surface area contributed by atoms with Crippen LogP contribution in [0.5, 0.6) is 0 Å². The van der Waals surface area contributed by atoms with Crippen LogP contribution in [0.3, 0.4) is 0 Å². The number of thioether (sulfide) groups is 1. The van der Waals surface area contributed by atoms with Gasteiger partial charge in [0.05, 0.1) is 24.9 Å². The molecule has 7 heteroatoms. The lowest BCUT2D eigenvalue weighted by Gasteiger charge is -2.26. The lowest BCUT2D eigenvalue weighted by atomic mass is 10.0. The van der Waals surface area contributed by atoms with Crippen LogP contribution in [0.4, 0.5) is 0 Å². The molecule has 0 radical (unpaired) electrons. The topological polar surface area (TPSA) is 85.2 Å². The number of aliphatic hydroxyl groups is 2. The molecule has 0 amide bonds. The molecule has 184 valence electrons. The summed E-state index contributed by atoms with van der Waals surface area (Å²) in [6.07, 6.45) is -3.19. The molecule has 0 aliphatic carbocycles. The van der Waals surface area contributed by atoms with Crippen molar-refractivity contribution in [3.8, 4) is 0 Å². The van der Waals surface area contributed by atoms with Gasteiger partial charge >= 0.3 is 5.97 Å². The standard InChI is InChI=1S/C28H30O6S/c1-19-12-14-22(15-13-19)35-28-24(33-27(31)21-10-6-3-7-11-21)16-23(26(30)25(17-29)34-28)32-18-20-8-4-2-5-9-20/h2-15,23-26,28-30H,16-18H2,1H3/t23?,24?,25?,26-,28+/m0/s1. The Labute approximate surface area is 209 Å². The number of carbonyl (C=O) groups is 1. The van der Waals surface area contributed by atoms with Crippen molar-refractivity contribution in [1.29, 1.82) is 0 Å². The fourth-order valence-corrected chi connectivity index (χ4v) is 4.97. The van der Waals surface area contributed by atoms with Crippen molar-refractivity contribution in [3.63, 3.8) is 0 Å². The van der Waals surface area contributed by atoms with Gasteiger partial charge in [0.15, 0.2) is 0 Å². The second-order valence-electron chi connectivity index (χ2n) is 8.53. The van der Waals surface area contributed by atoms with Crippen LogP contribution in [0.25, 0.3) is 0 Å². The Bertz CT molecular complexity index is 1060. The Morgan fingerprint density at radius 3 is 2.29 bits per heavy atom. The smallest absolute Gasteiger partial charge is 0.338 e. The van der Waals surface area contributed by atoms with Gasteiger partial charge in [0.1, 0.15) is 23.7 Å². The number of carbonyl (C=O) groups excluding carboxylic acids is 1. The molecule has 4 rings (SSSR count). The van der Waals surface area contributed by atoms with Crippen LogP contribution in [0.1, 0.15) is 27.9 Å². The average molecular weight is 495 g/mol. The highest BCUT2D eigenvalue weighted by Crippen LogP contribution is 2.35. The van der Waals surface area contributed by atoms with Crippen LogP contribution in [0, 0.1) is 6.92 Å². The molecule has 0 bridgehead atoms. The van der Waals surface area contributed by atoms with Gasteiger partial charge in [0.25, 0.3) is 0 Å². The largest absolute Gasteiger partial charge is 0.455 e. The lowest BCUT2D eigenvalue weighted by Crippen LogP contribution is -2.41. The summed E-state index contributed by atoms with van der Waals surface area (Å²) >= 11 is 1.39. The van der Waals surface area contributed by atoms with Crippen LogP contribution in [-0.2, 0) is 20.8 Å². The van der Waals surface area contributed by atoms with Gasteiger partial charge in [-0.25, -0.2) is 4.79 Å². The Morgan fingerprint density at radius 2 is 1.63 bits per heavy atom. The number of aryl methyl sites for hydroxylation is 1. The zero-order valence-electron chi connectivity index (χ0n) is 19.5. The van der Waals surface area contributed by atoms with E-state index in [0.717, 1.165) is 16.0 Å². The molecule has 1 saturated heterocycles. The molecule has 1 heterocycles. The van der Waals surface area contributed by atoms with Crippen molar-refractivity contribution in [2.45, 2.75) is 54.7 Å². The zero-order chi connectivity index (χ0) is 24.6. The Balaban J connectivity index is 1.58. The number of ether oxygens (including phenoxy) is 3. The Morgan fingerprint density at radius 1 is 0.971 bits per heavy atom. The molecule has 0 saturated carbocycles. The number of esters is 1. The fourth-order valence-electron chi connectivity index (χ4n) is 3.89. The summed E-state index contributed by atoms with van der Waals surface area (Å²) in [7, 11) is 0. The molecule has 3 aromatic rings. The van der Waals surface area contributed by atoms with E-state index in [1.54, 1.807) is 24.3 Å². The summed E-state index contributed by atoms with van der Waals surface area (Å²) in [5.74, 6) is -0.479. The molecular formula is C28H30O6S. The quantitative estimate of drug-likeness (QED) is 0.450. The van der Waals surface area contributed by atoms with E-state index in [0.29, 0.717) is 5.56 Å². The van der Waals surface area contributed by atoms with E-state index in [1.807, 2.05) is 67.6 Å². The maximum Gasteiger partial charge on any atom is 0.338 e. The predicted octanol–water partition coefficient (Wildman–Crippen LogP) is 4.37. The molecule has 1 aliphatic rings. The molecule has 1 fully saturated rings. The lowest BCUT2D eigenvalue weighted by molar-refractivity contribution is -0.116. The average Bonchev–Trinajstić information content (AvgIpc) is 3.01. The zero-order valence-corrected chi connectivity index (χ0v) is 20.3. The first-order valence-corrected chi connectivity index (χ1v) is 12.5. The molecule has 3 aromatic carbocycles. The maximum absolute atomic E-state index is 12.9. The molecule has 0 aromatic heterocycles. The van der Waals surface area contributed by atoms with Gasteiger partial charge < -0.3 is 24.4 Å². The molecule has 2 N–H and O–H groups in total. The van der Waals surface area contributed by atoms with Gasteiger partial charge in [-0.05, 0) is 36.8 Å². The highest BCUT2D eigenvalue weighted by molar-refractivity contribution is 7.99. The third-order valence-electron chi connectivity index (χ3n) is 5.87. The summed E-state index contributed by atoms with van der Waals surface area (Å²) in [5.41, 5.74) is 1.86. The second-order valence-corrected chi connectivity index (χ2v) is 9.70. The van der Waals surface area contributed by atoms with Crippen LogP contribution in [0.2, 0.25) is 0 Å². The summed E-state index contributed by atoms with van der Waals surface area (Å²) in [6, 6.07) is 26.3. The van der Waals surface area contributed by atoms with E-state index < -0.39 is 42.4 Å². The predicted molar refractivity (Wildman–Crippen MR) is 134 cm³/mol. The molecular weight excluding hydrogens is 464 g/mol. The van der Waals surface area contributed by atoms with Crippen molar-refractivity contribution in [2.24, 2.45) is 0 Å². The number of hydrogen-bond donors (Lipinski definition) is 2. The Hall–Kier alpha value is -2.68. The summed E-state index contributed by atoms with van der Waals surface area (Å²) < 4.78 is 18.2. The van der Waals surface area contributed by atoms with E-state index in [-0.39, 0.29) is 13.0 Å². The molecule has 5 atom stereocenters. The first-order valence-electron chi connectivity index (χ1n) is 11.6. The van der Waals surface area contributed by atoms with Gasteiger partial charge in [-0.3, -0.25) is 0 Å². The highest BCUT2D eigenvalue weighted by Gasteiger charge is 2.42. The van der Waals surface area contributed by atoms with Crippen molar-refractivity contribution >= 4 is 17.7 Å². The number of rotatable bonds is 8. The highest BCUT2D eigenvalue weighted by atomic mass is 32.2. The summed E-state index contributed by atoms with van der Waals surface area (Å²) in [5, 5.41) is 21.0. The van der Waals surface area contributed by atoms with Crippen LogP contribution in [-0.4, -0.2) is 52.6 Å². The minimum absolute atomic E-state index is 0.215. The summed E-state index contributed by atoms with van der Waals surface area (Å²) in [4.78, 5) is 13.9. The number of aliphatic hydroxyl groups excluding tert-OH is 2. The molecule has 6 nitrogen and oxygen atoms in total. The fraction of sp³-hybridized carbons (Fsp3) is 0.321. The third-order valence-corrected chi connectivity index (χ3v) is 7.06. The first kappa shape index (κ1) is 25.4. The van der Waals surface area contributed by atoms with E-state index in [4.69, 9.17) is 14.2 Å². The van der Waals surface area contributed by atoms with E-state index in [9.17, 15) is 15.0 Å². The van der Waals surface area contributed by atoms with E-state index in [2.05, 4.69) is 0 Å². The van der Waals surface area contributed by atoms with Crippen molar-refractivity contribution in [3.05, 3.63) is 102 Å². The SMILES string of the molecule is Cc1ccc(S[C@H]2OC(CO)[C@@H](O)C(OCc3ccccc3)CC2OC(=O)c2ccccc2)cc1. The van der Waals surface area contributed by atoms with Gasteiger partial charge in [0.2, 0.25) is 0 Å². The van der Waals surface area contributed by atoms with Crippen LogP contribution in [0.15, 0.2) is 89.8 Å². The first-order chi connectivity index (χ1) is 17.0. The van der Waals surface area contributed by atoms with Crippen molar-refractivity contribution < 1.29 is 29.2 Å². The summed E-state index contributed by atoms with van der Waals surface area (Å²) in [6.45, 7) is 1.89. The second kappa shape index (κ2) is 12.3. The minimum Gasteiger partial charge on any atom is -0.455 e. The molecule has 35 heavy (non-hydrogen) atoms. The van der Waals surface area contributed by atoms with Crippen LogP contribution >= 0.6 is 11.8 Å². The van der Waals surface area contributed by atoms with E-state index in [1.165, 1.54) is 11.8 Å². The Kier molecular flexibility index (Phi) is 8.95. The van der Waals surface area contributed by atoms with Crippen molar-refractivity contribution in [2.75, 3.05) is 6.61 Å². The van der Waals surface area contributed by atoms with Gasteiger partial charge in [-0.2, -0.15) is 0 Å². The third kappa shape index (κ3) is 6.93. The number of hydrogen-bond acceptors (Lipinski definition) is 7. The minimum atomic E-state index is -1.09. The van der Waals surface area contributed by atoms with Crippen molar-refractivity contribution in [1.82, 2.24) is 0 Å². The molecule has 0 spiro atoms. The normalized spacial score (nSPS) is 24.5. The molecule has 1 aliphatic heterocycles. The van der Waals surface area contributed by atoms with Crippen LogP contribution < -0.4 is 0 Å². The van der Waals surface area contributed by atoms with Gasteiger partial charge in [-0.15, -0.1) is 0 Å². The van der Waals surface area contributed by atoms with Gasteiger partial charge in [0, 0.05) is 11.3 Å². The monoisotopic (exact) mass is 494 g/mol. The van der Waals surface area contributed by atoms with Gasteiger partial charge in [-0.1, -0.05) is 78.0 Å².